The molecule has 302 valence electrons. The molecule has 0 unspecified atom stereocenters. The minimum absolute atomic E-state index is 0.784. The second kappa shape index (κ2) is 35.3. The van der Waals surface area contributed by atoms with Gasteiger partial charge in [-0.25, -0.2) is 0 Å². The van der Waals surface area contributed by atoms with Crippen LogP contribution >= 0.6 is 0 Å². The maximum Gasteiger partial charge on any atom is 0.122 e. The molecule has 0 saturated carbocycles. The Morgan fingerprint density at radius 1 is 0.358 bits per heavy atom. The van der Waals surface area contributed by atoms with E-state index in [0.29, 0.717) is 0 Å². The second-order valence-electron chi connectivity index (χ2n) is 15.9. The Bertz CT molecular complexity index is 1100. The van der Waals surface area contributed by atoms with Crippen molar-refractivity contribution in [2.45, 2.75) is 226 Å². The van der Waals surface area contributed by atoms with Gasteiger partial charge in [-0.3, -0.25) is 0 Å². The van der Waals surface area contributed by atoms with Gasteiger partial charge in [0, 0.05) is 0 Å². The standard InChI is InChI=1S/C49H84N2O2/c1-4-6-8-10-12-14-16-18-20-22-24-26-28-30-32-34-42-52-48-39-36-46(37-40-48)50-51-47-38-41-49(45(3)44-47)53-43-35-33-31-29-27-25-23-21-19-17-15-13-11-9-7-5-2/h36-41,44H,4-35,42-43H2,1-3H3. The summed E-state index contributed by atoms with van der Waals surface area (Å²) in [5.41, 5.74) is 2.79. The van der Waals surface area contributed by atoms with Gasteiger partial charge in [0.2, 0.25) is 0 Å². The van der Waals surface area contributed by atoms with Crippen LogP contribution in [0.4, 0.5) is 11.4 Å². The van der Waals surface area contributed by atoms with Gasteiger partial charge in [0.25, 0.3) is 0 Å². The van der Waals surface area contributed by atoms with Crippen LogP contribution in [0.5, 0.6) is 11.5 Å². The molecule has 0 aromatic heterocycles. The van der Waals surface area contributed by atoms with E-state index in [1.54, 1.807) is 0 Å². The minimum Gasteiger partial charge on any atom is -0.494 e. The van der Waals surface area contributed by atoms with Gasteiger partial charge >= 0.3 is 0 Å². The third kappa shape index (κ3) is 27.8. The highest BCUT2D eigenvalue weighted by atomic mass is 16.5. The van der Waals surface area contributed by atoms with E-state index >= 15 is 0 Å². The molecule has 2 aromatic rings. The Labute approximate surface area is 329 Å². The maximum absolute atomic E-state index is 6.10. The Morgan fingerprint density at radius 3 is 1.06 bits per heavy atom. The number of nitrogens with zero attached hydrogens (tertiary/aromatic N) is 2. The van der Waals surface area contributed by atoms with Crippen LogP contribution in [-0.4, -0.2) is 13.2 Å². The van der Waals surface area contributed by atoms with E-state index in [0.717, 1.165) is 54.5 Å². The fourth-order valence-corrected chi connectivity index (χ4v) is 7.25. The minimum atomic E-state index is 0.784. The lowest BCUT2D eigenvalue weighted by atomic mass is 10.0. The van der Waals surface area contributed by atoms with Crippen molar-refractivity contribution in [3.8, 4) is 11.5 Å². The molecule has 0 atom stereocenters. The summed E-state index contributed by atoms with van der Waals surface area (Å²) in [6.07, 6.45) is 44.4. The number of benzene rings is 2. The monoisotopic (exact) mass is 733 g/mol. The second-order valence-corrected chi connectivity index (χ2v) is 15.9. The number of hydrogen-bond acceptors (Lipinski definition) is 4. The number of aryl methyl sites for hydroxylation is 1. The molecular formula is C49H84N2O2. The van der Waals surface area contributed by atoms with Crippen LogP contribution in [0.25, 0.3) is 0 Å². The van der Waals surface area contributed by atoms with E-state index in [9.17, 15) is 0 Å². The van der Waals surface area contributed by atoms with E-state index < -0.39 is 0 Å². The molecule has 2 rings (SSSR count). The summed E-state index contributed by atoms with van der Waals surface area (Å²) >= 11 is 0. The van der Waals surface area contributed by atoms with Crippen LogP contribution in [0.15, 0.2) is 52.7 Å². The molecule has 0 bridgehead atoms. The molecule has 0 aliphatic heterocycles. The van der Waals surface area contributed by atoms with Crippen molar-refractivity contribution in [2.24, 2.45) is 10.2 Å². The van der Waals surface area contributed by atoms with Gasteiger partial charge in [0.15, 0.2) is 0 Å². The molecule has 0 saturated heterocycles. The molecule has 0 amide bonds. The first kappa shape index (κ1) is 46.8. The average molecular weight is 733 g/mol. The zero-order valence-corrected chi connectivity index (χ0v) is 35.3. The molecule has 0 heterocycles. The van der Waals surface area contributed by atoms with Crippen molar-refractivity contribution in [1.29, 1.82) is 0 Å². The van der Waals surface area contributed by atoms with Gasteiger partial charge in [0.05, 0.1) is 24.6 Å². The first-order valence-electron chi connectivity index (χ1n) is 23.1. The summed E-state index contributed by atoms with van der Waals surface area (Å²) in [7, 11) is 0. The molecule has 0 aliphatic carbocycles. The fourth-order valence-electron chi connectivity index (χ4n) is 7.25. The van der Waals surface area contributed by atoms with Crippen molar-refractivity contribution in [1.82, 2.24) is 0 Å². The number of azo groups is 1. The Hall–Kier alpha value is -2.36. The summed E-state index contributed by atoms with van der Waals surface area (Å²) < 4.78 is 12.1. The quantitative estimate of drug-likeness (QED) is 0.0509. The van der Waals surface area contributed by atoms with E-state index in [1.807, 2.05) is 36.4 Å². The Balaban J connectivity index is 1.42. The van der Waals surface area contributed by atoms with Crippen LogP contribution in [0.3, 0.4) is 0 Å². The third-order valence-corrected chi connectivity index (χ3v) is 10.8. The molecule has 53 heavy (non-hydrogen) atoms. The smallest absolute Gasteiger partial charge is 0.122 e. The molecule has 4 heteroatoms. The van der Waals surface area contributed by atoms with Gasteiger partial charge in [0.1, 0.15) is 11.5 Å². The van der Waals surface area contributed by atoms with Crippen LogP contribution in [0.1, 0.15) is 225 Å². The predicted octanol–water partition coefficient (Wildman–Crippen LogP) is 17.7. The van der Waals surface area contributed by atoms with Crippen molar-refractivity contribution in [3.63, 3.8) is 0 Å². The van der Waals surface area contributed by atoms with Crippen molar-refractivity contribution in [2.75, 3.05) is 13.2 Å². The number of ether oxygens (including phenoxy) is 2. The van der Waals surface area contributed by atoms with Gasteiger partial charge in [-0.05, 0) is 67.8 Å². The van der Waals surface area contributed by atoms with Crippen LogP contribution < -0.4 is 9.47 Å². The summed E-state index contributed by atoms with van der Waals surface area (Å²) in [4.78, 5) is 0. The Morgan fingerprint density at radius 2 is 0.679 bits per heavy atom. The molecule has 4 nitrogen and oxygen atoms in total. The summed E-state index contributed by atoms with van der Waals surface area (Å²) in [6.45, 7) is 8.25. The van der Waals surface area contributed by atoms with E-state index in [2.05, 4.69) is 37.1 Å². The van der Waals surface area contributed by atoms with E-state index in [4.69, 9.17) is 9.47 Å². The SMILES string of the molecule is CCCCCCCCCCCCCCCCCCOc1ccc(N=Nc2ccc(OCCCCCCCCCCCCCCCCCC)c(C)c2)cc1. The maximum atomic E-state index is 6.10. The van der Waals surface area contributed by atoms with Gasteiger partial charge in [-0.1, -0.05) is 206 Å². The van der Waals surface area contributed by atoms with E-state index in [-0.39, 0.29) is 0 Å². The Kier molecular flexibility index (Phi) is 31.2. The first-order chi connectivity index (χ1) is 26.2. The van der Waals surface area contributed by atoms with Crippen LogP contribution in [-0.2, 0) is 0 Å². The van der Waals surface area contributed by atoms with Gasteiger partial charge < -0.3 is 9.47 Å². The van der Waals surface area contributed by atoms with Crippen LogP contribution in [0.2, 0.25) is 0 Å². The molecule has 0 radical (unpaired) electrons. The summed E-state index contributed by atoms with van der Waals surface area (Å²) in [5, 5.41) is 8.92. The largest absolute Gasteiger partial charge is 0.494 e. The highest BCUT2D eigenvalue weighted by Crippen LogP contribution is 2.27. The lowest BCUT2D eigenvalue weighted by Gasteiger charge is -2.09. The molecule has 0 fully saturated rings. The number of rotatable bonds is 38. The zero-order valence-electron chi connectivity index (χ0n) is 35.3. The normalized spacial score (nSPS) is 11.5. The van der Waals surface area contributed by atoms with Crippen molar-refractivity contribution < 1.29 is 9.47 Å². The van der Waals surface area contributed by atoms with Crippen molar-refractivity contribution in [3.05, 3.63) is 48.0 Å². The van der Waals surface area contributed by atoms with Gasteiger partial charge in [-0.15, -0.1) is 0 Å². The lowest BCUT2D eigenvalue weighted by Crippen LogP contribution is -1.98. The van der Waals surface area contributed by atoms with Crippen LogP contribution in [0, 0.1) is 6.92 Å². The molecular weight excluding hydrogens is 649 g/mol. The molecule has 0 aliphatic rings. The zero-order chi connectivity index (χ0) is 37.7. The molecule has 0 spiro atoms. The number of hydrogen-bond donors (Lipinski definition) is 0. The average Bonchev–Trinajstić information content (AvgIpc) is 3.17. The summed E-state index contributed by atoms with van der Waals surface area (Å²) in [5.74, 6) is 1.86. The highest BCUT2D eigenvalue weighted by molar-refractivity contribution is 5.47. The first-order valence-corrected chi connectivity index (χ1v) is 23.1. The summed E-state index contributed by atoms with van der Waals surface area (Å²) in [6, 6.07) is 14.1. The fraction of sp³-hybridized carbons (Fsp3) is 0.755. The van der Waals surface area contributed by atoms with E-state index in [1.165, 1.54) is 193 Å². The van der Waals surface area contributed by atoms with Crippen molar-refractivity contribution >= 4 is 11.4 Å². The topological polar surface area (TPSA) is 43.2 Å². The lowest BCUT2D eigenvalue weighted by molar-refractivity contribution is 0.302. The third-order valence-electron chi connectivity index (χ3n) is 10.8. The predicted molar refractivity (Wildman–Crippen MR) is 232 cm³/mol. The molecule has 0 N–H and O–H groups in total. The van der Waals surface area contributed by atoms with Gasteiger partial charge in [-0.2, -0.15) is 10.2 Å². The highest BCUT2D eigenvalue weighted by Gasteiger charge is 2.03. The number of unbranched alkanes of at least 4 members (excludes halogenated alkanes) is 30. The molecule has 2 aromatic carbocycles.